The third kappa shape index (κ3) is 10.2. The van der Waals surface area contributed by atoms with Gasteiger partial charge in [-0.05, 0) is 6.42 Å². The zero-order valence-electron chi connectivity index (χ0n) is 15.4. The Kier molecular flexibility index (Phi) is 12.1. The molecule has 0 unspecified atom stereocenters. The number of rotatable bonds is 15. The Labute approximate surface area is 149 Å². The molecule has 0 aliphatic rings. The third-order valence-corrected chi connectivity index (χ3v) is 6.14. The van der Waals surface area contributed by atoms with E-state index < -0.39 is 8.80 Å². The summed E-state index contributed by atoms with van der Waals surface area (Å²) in [4.78, 5) is 20.1. The minimum atomic E-state index is -3.68. The van der Waals surface area contributed by atoms with E-state index in [1.165, 1.54) is 64.2 Å². The first-order valence-electron chi connectivity index (χ1n) is 9.81. The van der Waals surface area contributed by atoms with Crippen molar-refractivity contribution in [1.29, 1.82) is 0 Å². The average Bonchev–Trinajstić information content (AvgIpc) is 2.60. The topological polar surface area (TPSA) is 49.7 Å². The maximum absolute atomic E-state index is 10.0. The second kappa shape index (κ2) is 13.6. The second-order valence-electron chi connectivity index (χ2n) is 6.71. The first-order valence-corrected chi connectivity index (χ1v) is 11.6. The average molecular weight is 353 g/mol. The van der Waals surface area contributed by atoms with E-state index in [0.29, 0.717) is 11.8 Å². The Morgan fingerprint density at radius 3 is 1.67 bits per heavy atom. The van der Waals surface area contributed by atoms with E-state index in [4.69, 9.17) is 4.43 Å². The van der Waals surface area contributed by atoms with Gasteiger partial charge in [0.1, 0.15) is 0 Å². The Bertz CT molecular complexity index is 395. The van der Waals surface area contributed by atoms with Crippen molar-refractivity contribution in [1.82, 2.24) is 0 Å². The van der Waals surface area contributed by atoms with E-state index in [1.54, 1.807) is 24.3 Å². The first-order chi connectivity index (χ1) is 11.7. The van der Waals surface area contributed by atoms with Crippen molar-refractivity contribution in [3.63, 3.8) is 0 Å². The molecule has 0 saturated heterocycles. The maximum atomic E-state index is 10.0. The molecule has 0 heterocycles. The van der Waals surface area contributed by atoms with E-state index in [9.17, 15) is 9.59 Å². The van der Waals surface area contributed by atoms with E-state index in [-0.39, 0.29) is 0 Å². The minimum Gasteiger partial charge on any atom is -0.386 e. The van der Waals surface area contributed by atoms with Crippen LogP contribution >= 0.6 is 0 Å². The lowest BCUT2D eigenvalue weighted by atomic mass is 10.1. The number of hydrogen-bond donors (Lipinski definition) is 2. The molecule has 0 fully saturated rings. The lowest BCUT2D eigenvalue weighted by Gasteiger charge is -2.17. The number of benzene rings is 1. The SMILES string of the molecule is CCCCCCCCCCCCCCO[Si](O)(O)c1ccccc1. The summed E-state index contributed by atoms with van der Waals surface area (Å²) in [6, 6.07) is 8.90. The van der Waals surface area contributed by atoms with Crippen molar-refractivity contribution in [2.24, 2.45) is 0 Å². The van der Waals surface area contributed by atoms with Gasteiger partial charge in [0, 0.05) is 11.8 Å². The molecule has 138 valence electrons. The van der Waals surface area contributed by atoms with Crippen molar-refractivity contribution in [3.8, 4) is 0 Å². The van der Waals surface area contributed by atoms with Crippen LogP contribution in [0.3, 0.4) is 0 Å². The first kappa shape index (κ1) is 21.4. The highest BCUT2D eigenvalue weighted by Crippen LogP contribution is 2.12. The Balaban J connectivity index is 1.90. The van der Waals surface area contributed by atoms with Crippen LogP contribution in [0.2, 0.25) is 0 Å². The zero-order chi connectivity index (χ0) is 17.5. The monoisotopic (exact) mass is 352 g/mol. The second-order valence-corrected chi connectivity index (χ2v) is 8.79. The lowest BCUT2D eigenvalue weighted by Crippen LogP contribution is -2.51. The summed E-state index contributed by atoms with van der Waals surface area (Å²) in [7, 11) is -3.68. The van der Waals surface area contributed by atoms with Crippen LogP contribution in [0.1, 0.15) is 84.0 Å². The van der Waals surface area contributed by atoms with Crippen molar-refractivity contribution in [3.05, 3.63) is 30.3 Å². The molecule has 1 aromatic rings. The number of unbranched alkanes of at least 4 members (excludes halogenated alkanes) is 11. The minimum absolute atomic E-state index is 0.436. The fourth-order valence-electron chi connectivity index (χ4n) is 2.90. The molecule has 0 atom stereocenters. The van der Waals surface area contributed by atoms with Gasteiger partial charge in [0.15, 0.2) is 0 Å². The highest BCUT2D eigenvalue weighted by Gasteiger charge is 2.34. The summed E-state index contributed by atoms with van der Waals surface area (Å²) in [6.07, 6.45) is 15.5. The molecule has 0 saturated carbocycles. The van der Waals surface area contributed by atoms with Gasteiger partial charge in [-0.3, -0.25) is 0 Å². The Morgan fingerprint density at radius 2 is 1.17 bits per heavy atom. The molecule has 0 aromatic heterocycles. The van der Waals surface area contributed by atoms with E-state index in [1.807, 2.05) is 6.07 Å². The maximum Gasteiger partial charge on any atom is 0.531 e. The quantitative estimate of drug-likeness (QED) is 0.360. The van der Waals surface area contributed by atoms with Gasteiger partial charge in [-0.15, -0.1) is 0 Å². The van der Waals surface area contributed by atoms with Gasteiger partial charge in [-0.25, -0.2) is 0 Å². The molecule has 1 rings (SSSR count). The molecular weight excluding hydrogens is 316 g/mol. The van der Waals surface area contributed by atoms with Gasteiger partial charge in [-0.2, -0.15) is 0 Å². The molecule has 0 spiro atoms. The Morgan fingerprint density at radius 1 is 0.708 bits per heavy atom. The van der Waals surface area contributed by atoms with Crippen LogP contribution in [0, 0.1) is 0 Å². The fourth-order valence-corrected chi connectivity index (χ4v) is 4.12. The summed E-state index contributed by atoms with van der Waals surface area (Å²) in [6.45, 7) is 2.70. The van der Waals surface area contributed by atoms with Gasteiger partial charge in [0.05, 0.1) is 0 Å². The number of hydrogen-bond acceptors (Lipinski definition) is 3. The van der Waals surface area contributed by atoms with Gasteiger partial charge < -0.3 is 14.0 Å². The highest BCUT2D eigenvalue weighted by atomic mass is 28.4. The van der Waals surface area contributed by atoms with Crippen LogP contribution < -0.4 is 5.19 Å². The van der Waals surface area contributed by atoms with Crippen molar-refractivity contribution < 1.29 is 14.0 Å². The summed E-state index contributed by atoms with van der Waals surface area (Å²) in [5.74, 6) is 0. The summed E-state index contributed by atoms with van der Waals surface area (Å²) >= 11 is 0. The molecule has 24 heavy (non-hydrogen) atoms. The van der Waals surface area contributed by atoms with E-state index >= 15 is 0 Å². The van der Waals surface area contributed by atoms with E-state index in [2.05, 4.69) is 6.92 Å². The fraction of sp³-hybridized carbons (Fsp3) is 0.700. The molecule has 0 aliphatic heterocycles. The lowest BCUT2D eigenvalue weighted by molar-refractivity contribution is 0.160. The van der Waals surface area contributed by atoms with Crippen LogP contribution in [0.25, 0.3) is 0 Å². The van der Waals surface area contributed by atoms with Crippen molar-refractivity contribution >= 4 is 14.0 Å². The van der Waals surface area contributed by atoms with Gasteiger partial charge in [0.25, 0.3) is 0 Å². The largest absolute Gasteiger partial charge is 0.531 e. The zero-order valence-corrected chi connectivity index (χ0v) is 16.4. The third-order valence-electron chi connectivity index (χ3n) is 4.45. The predicted molar refractivity (Wildman–Crippen MR) is 103 cm³/mol. The molecule has 0 bridgehead atoms. The molecule has 0 aliphatic carbocycles. The van der Waals surface area contributed by atoms with Crippen LogP contribution in [-0.4, -0.2) is 25.0 Å². The van der Waals surface area contributed by atoms with Gasteiger partial charge in [-0.1, -0.05) is 108 Å². The van der Waals surface area contributed by atoms with Crippen LogP contribution in [0.5, 0.6) is 0 Å². The molecule has 1 aromatic carbocycles. The van der Waals surface area contributed by atoms with Crippen LogP contribution in [-0.2, 0) is 4.43 Å². The van der Waals surface area contributed by atoms with E-state index in [0.717, 1.165) is 12.8 Å². The summed E-state index contributed by atoms with van der Waals surface area (Å²) in [5.41, 5.74) is 0. The standard InChI is InChI=1S/C20H36O3Si/c1-2-3-4-5-6-7-8-9-10-11-12-16-19-23-24(21,22)20-17-14-13-15-18-20/h13-15,17-18,21-22H,2-12,16,19H2,1H3. The van der Waals surface area contributed by atoms with Crippen molar-refractivity contribution in [2.75, 3.05) is 6.61 Å². The highest BCUT2D eigenvalue weighted by molar-refractivity contribution is 6.72. The van der Waals surface area contributed by atoms with Crippen molar-refractivity contribution in [2.45, 2.75) is 84.0 Å². The molecular formula is C20H36O3Si. The van der Waals surface area contributed by atoms with Crippen LogP contribution in [0.4, 0.5) is 0 Å². The predicted octanol–water partition coefficient (Wildman–Crippen LogP) is 4.53. The smallest absolute Gasteiger partial charge is 0.386 e. The molecule has 4 heteroatoms. The van der Waals surface area contributed by atoms with Crippen LogP contribution in [0.15, 0.2) is 30.3 Å². The summed E-state index contributed by atoms with van der Waals surface area (Å²) < 4.78 is 5.36. The molecule has 0 amide bonds. The normalized spacial score (nSPS) is 11.8. The molecule has 3 nitrogen and oxygen atoms in total. The van der Waals surface area contributed by atoms with Gasteiger partial charge >= 0.3 is 8.80 Å². The Hall–Kier alpha value is -0.683. The summed E-state index contributed by atoms with van der Waals surface area (Å²) in [5, 5.41) is 0.518. The van der Waals surface area contributed by atoms with Gasteiger partial charge in [0.2, 0.25) is 0 Å². The molecule has 2 N–H and O–H groups in total. The molecule has 0 radical (unpaired) electrons.